The van der Waals surface area contributed by atoms with Gasteiger partial charge in [-0.25, -0.2) is 8.42 Å². The molecule has 6 nitrogen and oxygen atoms in total. The molecule has 0 saturated carbocycles. The van der Waals surface area contributed by atoms with E-state index in [1.165, 1.54) is 9.87 Å². The van der Waals surface area contributed by atoms with Crippen molar-refractivity contribution in [2.75, 3.05) is 32.8 Å². The van der Waals surface area contributed by atoms with Crippen molar-refractivity contribution in [1.82, 2.24) is 9.62 Å². The molecule has 1 amide bonds. The van der Waals surface area contributed by atoms with E-state index in [0.717, 1.165) is 12.0 Å². The molecule has 3 rings (SSSR count). The van der Waals surface area contributed by atoms with Crippen molar-refractivity contribution in [3.05, 3.63) is 65.7 Å². The van der Waals surface area contributed by atoms with E-state index >= 15 is 0 Å². The van der Waals surface area contributed by atoms with Crippen LogP contribution in [0.2, 0.25) is 0 Å². The highest BCUT2D eigenvalue weighted by atomic mass is 32.2. The molecule has 1 fully saturated rings. The second kappa shape index (κ2) is 10.7. The first-order valence-electron chi connectivity index (χ1n) is 10.5. The molecule has 1 heterocycles. The third-order valence-corrected chi connectivity index (χ3v) is 7.39. The van der Waals surface area contributed by atoms with Crippen LogP contribution >= 0.6 is 0 Å². The molecule has 0 aliphatic carbocycles. The van der Waals surface area contributed by atoms with Crippen LogP contribution in [-0.2, 0) is 26.0 Å². The van der Waals surface area contributed by atoms with Gasteiger partial charge in [-0.05, 0) is 36.1 Å². The fourth-order valence-electron chi connectivity index (χ4n) is 3.57. The molecule has 0 unspecified atom stereocenters. The van der Waals surface area contributed by atoms with Crippen LogP contribution in [0.5, 0.6) is 0 Å². The van der Waals surface area contributed by atoms with Crippen LogP contribution in [0.15, 0.2) is 59.5 Å². The first-order chi connectivity index (χ1) is 14.5. The van der Waals surface area contributed by atoms with E-state index in [-0.39, 0.29) is 10.8 Å². The fourth-order valence-corrected chi connectivity index (χ4v) is 4.98. The number of carbonyl (C=O) groups excluding carboxylic acids is 1. The van der Waals surface area contributed by atoms with Crippen molar-refractivity contribution in [2.24, 2.45) is 0 Å². The Hall–Kier alpha value is -2.22. The highest BCUT2D eigenvalue weighted by Gasteiger charge is 2.26. The number of ether oxygens (including phenoxy) is 1. The number of carbonyl (C=O) groups is 1. The highest BCUT2D eigenvalue weighted by molar-refractivity contribution is 7.89. The summed E-state index contributed by atoms with van der Waals surface area (Å²) in [6.07, 6.45) is 1.91. The quantitative estimate of drug-likeness (QED) is 0.664. The van der Waals surface area contributed by atoms with E-state index in [0.29, 0.717) is 51.6 Å². The Morgan fingerprint density at radius 2 is 1.73 bits per heavy atom. The largest absolute Gasteiger partial charge is 0.379 e. The Kier molecular flexibility index (Phi) is 8.01. The molecule has 0 spiro atoms. The lowest BCUT2D eigenvalue weighted by atomic mass is 9.96. The van der Waals surface area contributed by atoms with Crippen molar-refractivity contribution in [2.45, 2.75) is 37.0 Å². The lowest BCUT2D eigenvalue weighted by Gasteiger charge is -2.26. The number of hydrogen-bond acceptors (Lipinski definition) is 4. The second-order valence-electron chi connectivity index (χ2n) is 7.48. The van der Waals surface area contributed by atoms with Gasteiger partial charge in [0.05, 0.1) is 18.1 Å². The SMILES string of the molecule is CC[C@@H](CNC(=O)CCc1ccc(S(=O)(=O)N2CCOCC2)cc1)c1ccccc1. The predicted molar refractivity (Wildman–Crippen MR) is 117 cm³/mol. The molecule has 162 valence electrons. The van der Waals surface area contributed by atoms with Crippen molar-refractivity contribution in [3.8, 4) is 0 Å². The third kappa shape index (κ3) is 5.90. The Labute approximate surface area is 179 Å². The molecule has 2 aromatic carbocycles. The van der Waals surface area contributed by atoms with E-state index in [1.807, 2.05) is 18.2 Å². The summed E-state index contributed by atoms with van der Waals surface area (Å²) < 4.78 is 32.0. The summed E-state index contributed by atoms with van der Waals surface area (Å²) in [7, 11) is -3.48. The standard InChI is InChI=1S/C23H30N2O4S/c1-2-20(21-6-4-3-5-7-21)18-24-23(26)13-10-19-8-11-22(12-9-19)30(27,28)25-14-16-29-17-15-25/h3-9,11-12,20H,2,10,13-18H2,1H3,(H,24,26)/t20-/m0/s1. The summed E-state index contributed by atoms with van der Waals surface area (Å²) in [6.45, 7) is 4.36. The summed E-state index contributed by atoms with van der Waals surface area (Å²) in [5.74, 6) is 0.314. The lowest BCUT2D eigenvalue weighted by Crippen LogP contribution is -2.40. The molecule has 0 aromatic heterocycles. The number of hydrogen-bond donors (Lipinski definition) is 1. The fraction of sp³-hybridized carbons (Fsp3) is 0.435. The number of nitrogens with one attached hydrogen (secondary N) is 1. The van der Waals surface area contributed by atoms with Crippen LogP contribution in [0.25, 0.3) is 0 Å². The maximum absolute atomic E-state index is 12.7. The van der Waals surface area contributed by atoms with Crippen molar-refractivity contribution < 1.29 is 17.9 Å². The van der Waals surface area contributed by atoms with Gasteiger partial charge in [-0.2, -0.15) is 4.31 Å². The Balaban J connectivity index is 1.49. The summed E-state index contributed by atoms with van der Waals surface area (Å²) in [6, 6.07) is 17.0. The number of morpholine rings is 1. The zero-order valence-corrected chi connectivity index (χ0v) is 18.2. The topological polar surface area (TPSA) is 75.7 Å². The van der Waals surface area contributed by atoms with Gasteiger partial charge in [0.2, 0.25) is 15.9 Å². The Bertz CT molecular complexity index is 908. The van der Waals surface area contributed by atoms with Crippen molar-refractivity contribution >= 4 is 15.9 Å². The molecular formula is C23H30N2O4S. The molecule has 0 radical (unpaired) electrons. The minimum atomic E-state index is -3.48. The first-order valence-corrected chi connectivity index (χ1v) is 11.9. The zero-order valence-electron chi connectivity index (χ0n) is 17.4. The van der Waals surface area contributed by atoms with Crippen LogP contribution in [0, 0.1) is 0 Å². The van der Waals surface area contributed by atoms with Gasteiger partial charge < -0.3 is 10.1 Å². The van der Waals surface area contributed by atoms with Crippen LogP contribution in [0.3, 0.4) is 0 Å². The third-order valence-electron chi connectivity index (χ3n) is 5.48. The van der Waals surface area contributed by atoms with Crippen molar-refractivity contribution in [3.63, 3.8) is 0 Å². The van der Waals surface area contributed by atoms with Gasteiger partial charge in [0.15, 0.2) is 0 Å². The molecule has 7 heteroatoms. The molecule has 0 bridgehead atoms. The van der Waals surface area contributed by atoms with Crippen LogP contribution in [0.4, 0.5) is 0 Å². The van der Waals surface area contributed by atoms with Gasteiger partial charge in [-0.15, -0.1) is 0 Å². The van der Waals surface area contributed by atoms with Gasteiger partial charge in [-0.3, -0.25) is 4.79 Å². The van der Waals surface area contributed by atoms with Gasteiger partial charge in [0, 0.05) is 32.0 Å². The van der Waals surface area contributed by atoms with E-state index in [9.17, 15) is 13.2 Å². The Morgan fingerprint density at radius 1 is 1.07 bits per heavy atom. The molecular weight excluding hydrogens is 400 g/mol. The average molecular weight is 431 g/mol. The minimum Gasteiger partial charge on any atom is -0.379 e. The zero-order chi connectivity index (χ0) is 21.4. The molecule has 1 saturated heterocycles. The maximum atomic E-state index is 12.7. The molecule has 2 aromatic rings. The molecule has 1 N–H and O–H groups in total. The van der Waals surface area contributed by atoms with E-state index < -0.39 is 10.0 Å². The minimum absolute atomic E-state index is 0.00870. The van der Waals surface area contributed by atoms with Gasteiger partial charge in [0.1, 0.15) is 0 Å². The van der Waals surface area contributed by atoms with Crippen LogP contribution in [-0.4, -0.2) is 51.5 Å². The van der Waals surface area contributed by atoms with Crippen LogP contribution < -0.4 is 5.32 Å². The summed E-state index contributed by atoms with van der Waals surface area (Å²) in [5, 5.41) is 3.03. The Morgan fingerprint density at radius 3 is 2.37 bits per heavy atom. The second-order valence-corrected chi connectivity index (χ2v) is 9.42. The molecule has 1 aliphatic rings. The van der Waals surface area contributed by atoms with Crippen LogP contribution in [0.1, 0.15) is 36.8 Å². The van der Waals surface area contributed by atoms with E-state index in [1.54, 1.807) is 24.3 Å². The van der Waals surface area contributed by atoms with E-state index in [4.69, 9.17) is 4.74 Å². The number of benzene rings is 2. The number of sulfonamides is 1. The van der Waals surface area contributed by atoms with Gasteiger partial charge in [0.25, 0.3) is 0 Å². The summed E-state index contributed by atoms with van der Waals surface area (Å²) in [4.78, 5) is 12.6. The number of rotatable bonds is 9. The smallest absolute Gasteiger partial charge is 0.243 e. The van der Waals surface area contributed by atoms with Gasteiger partial charge >= 0.3 is 0 Å². The normalized spacial score (nSPS) is 16.2. The number of aryl methyl sites for hydroxylation is 1. The van der Waals surface area contributed by atoms with Gasteiger partial charge in [-0.1, -0.05) is 49.4 Å². The first kappa shape index (κ1) is 22.5. The average Bonchev–Trinajstić information content (AvgIpc) is 2.79. The monoisotopic (exact) mass is 430 g/mol. The van der Waals surface area contributed by atoms with E-state index in [2.05, 4.69) is 24.4 Å². The lowest BCUT2D eigenvalue weighted by molar-refractivity contribution is -0.121. The summed E-state index contributed by atoms with van der Waals surface area (Å²) in [5.41, 5.74) is 2.18. The molecule has 1 atom stereocenters. The highest BCUT2D eigenvalue weighted by Crippen LogP contribution is 2.19. The maximum Gasteiger partial charge on any atom is 0.243 e. The number of amides is 1. The molecule has 1 aliphatic heterocycles. The number of nitrogens with zero attached hydrogens (tertiary/aromatic N) is 1. The molecule has 30 heavy (non-hydrogen) atoms. The predicted octanol–water partition coefficient (Wildman–Crippen LogP) is 2.95. The van der Waals surface area contributed by atoms with Crippen molar-refractivity contribution in [1.29, 1.82) is 0 Å². The summed E-state index contributed by atoms with van der Waals surface area (Å²) >= 11 is 0.